The molecule has 4 saturated carbocycles. The summed E-state index contributed by atoms with van der Waals surface area (Å²) in [6, 6.07) is 9.46. The molecule has 6 aromatic rings. The van der Waals surface area contributed by atoms with E-state index in [4.69, 9.17) is 36.3 Å². The lowest BCUT2D eigenvalue weighted by atomic mass is 9.54. The SMILES string of the molecule is CCCCc1ccc(NC(=O)Cc2cc(O)c3c(c2)[C@@H](C(=O)NC2C4CC5CC(C4)CC2C5)NC(=O)[C@H]2NC(=O)[C@H](NC(=O)[C@@H]4NC(=O)[C@H](CC(N)=O)NC(=O)[C@H](NC(=O)[C@@H](CC(C)C)NC)[C@H](O)c5ccc(c(C)c5)Oc5cc4cc(c5O[C@@H]4O[C@H](CO)[C@@H](O)[C@H](O)[C@H]4O)Oc4ccc(cc4Cl)[C@H]2O)c2ccc(O)c-3c2)cc1. The highest BCUT2D eigenvalue weighted by Gasteiger charge is 2.51. The molecule has 6 aromatic carbocycles. The van der Waals surface area contributed by atoms with E-state index in [1.807, 2.05) is 26.0 Å². The number of rotatable bonds is 18. The number of primary amides is 1. The number of benzene rings is 6. The molecule has 0 unspecified atom stereocenters. The third-order valence-electron chi connectivity index (χ3n) is 22.7. The zero-order valence-electron chi connectivity index (χ0n) is 63.2. The number of amides is 9. The van der Waals surface area contributed by atoms with Crippen LogP contribution in [0.1, 0.15) is 153 Å². The second-order valence-corrected chi connectivity index (χ2v) is 31.7. The summed E-state index contributed by atoms with van der Waals surface area (Å²) < 4.78 is 25.6. The number of aromatic hydroxyl groups is 2. The maximum Gasteiger partial charge on any atom is 0.248 e. The monoisotopic (exact) mass is 1590 g/mol. The number of nitrogens with two attached hydrogens (primary N) is 1. The van der Waals surface area contributed by atoms with Crippen LogP contribution < -0.4 is 67.8 Å². The Morgan fingerprint density at radius 1 is 0.649 bits per heavy atom. The molecule has 14 atom stereocenters. The summed E-state index contributed by atoms with van der Waals surface area (Å²) in [5, 5.41) is 119. The average molecular weight is 1590 g/mol. The van der Waals surface area contributed by atoms with Crippen molar-refractivity contribution in [3.8, 4) is 51.4 Å². The lowest BCUT2D eigenvalue weighted by Gasteiger charge is -2.54. The van der Waals surface area contributed by atoms with Gasteiger partial charge in [-0.15, -0.1) is 0 Å². The lowest BCUT2D eigenvalue weighted by Crippen LogP contribution is -2.60. The zero-order valence-corrected chi connectivity index (χ0v) is 63.9. The summed E-state index contributed by atoms with van der Waals surface area (Å²) in [4.78, 5) is 136. The summed E-state index contributed by atoms with van der Waals surface area (Å²) in [6.45, 7) is 6.37. The van der Waals surface area contributed by atoms with Gasteiger partial charge in [-0.3, -0.25) is 43.2 Å². The van der Waals surface area contributed by atoms with E-state index in [9.17, 15) is 60.0 Å². The number of ether oxygens (including phenoxy) is 4. The maximum atomic E-state index is 16.3. The van der Waals surface area contributed by atoms with Crippen molar-refractivity contribution in [3.63, 3.8) is 0 Å². The number of fused-ring (bicyclic) bond motifs is 15. The Morgan fingerprint density at radius 3 is 1.93 bits per heavy atom. The molecule has 0 spiro atoms. The number of halogens is 1. The van der Waals surface area contributed by atoms with Crippen LogP contribution in [0.25, 0.3) is 11.1 Å². The molecule has 31 nitrogen and oxygen atoms in total. The third kappa shape index (κ3) is 17.4. The molecule has 0 radical (unpaired) electrons. The first-order chi connectivity index (χ1) is 54.4. The van der Waals surface area contributed by atoms with Crippen LogP contribution in [0.5, 0.6) is 40.2 Å². The number of nitrogens with one attached hydrogen (secondary N) is 9. The Hall–Kier alpha value is -10.5. The van der Waals surface area contributed by atoms with Gasteiger partial charge in [0.2, 0.25) is 65.2 Å². The lowest BCUT2D eigenvalue weighted by molar-refractivity contribution is -0.277. The highest BCUT2D eigenvalue weighted by Crippen LogP contribution is 2.55. The molecule has 0 aromatic heterocycles. The van der Waals surface area contributed by atoms with Gasteiger partial charge in [0.15, 0.2) is 11.5 Å². The first-order valence-corrected chi connectivity index (χ1v) is 38.8. The second-order valence-electron chi connectivity index (χ2n) is 31.3. The minimum absolute atomic E-state index is 0.00835. The second kappa shape index (κ2) is 34.3. The summed E-state index contributed by atoms with van der Waals surface area (Å²) in [6.07, 6.45) is -7.78. The van der Waals surface area contributed by atoms with Gasteiger partial charge in [-0.25, -0.2) is 0 Å². The fourth-order valence-corrected chi connectivity index (χ4v) is 17.3. The van der Waals surface area contributed by atoms with Gasteiger partial charge in [0.05, 0.1) is 30.5 Å². The number of phenols is 2. The van der Waals surface area contributed by atoms with Crippen LogP contribution >= 0.6 is 11.6 Å². The van der Waals surface area contributed by atoms with E-state index in [2.05, 4.69) is 54.8 Å². The number of anilines is 1. The number of carbonyl (C=O) groups excluding carboxylic acids is 9. The molecular weight excluding hydrogens is 1500 g/mol. The first kappa shape index (κ1) is 81.5. The number of aryl methyl sites for hydroxylation is 2. The standard InChI is InChI=1S/C82H95ClN10O21/c1-6-7-8-37-9-14-47(15-10-37)86-61(98)28-40-26-49-62(54(96)27-40)48-29-41(11-16-53(48)95)64-77(106)93-68(81(110)91-66(49)79(108)88-63-44-22-38-21-39(24-44)25-45(63)23-38)70(100)43-13-18-56(50(83)30-43)112-58-32-46-31-57(74(58)114-82-73(103)72(102)71(101)59(34-94)113-82)111-55-17-12-42(20-36(55)4)69(99)67(92-75(104)51(85-5)19-35(2)3)80(109)87-52(33-60(84)97)76(105)89-65(46)78(107)90-64/h9-18,20,26-27,29-32,35,38-39,44-45,51-52,59,63-73,82,85,94-96,99-103H,6-8,19,21-25,28,33-34H2,1-5H3,(H2,84,97)(H,86,98)(H,87,109)(H,88,108)(H,89,105)(H,90,107)(H,91,110)(H,92,104)(H,93,106)/t38?,39?,44?,45?,51-,52+,59-,63?,64-,65-,66+,67-,68+,69-,70-,71-,72+,73-,82+/m1/s1. The van der Waals surface area contributed by atoms with Gasteiger partial charge < -0.3 is 113 Å². The Bertz CT molecular complexity index is 4690. The minimum atomic E-state index is -2.28. The van der Waals surface area contributed by atoms with Crippen LogP contribution in [0, 0.1) is 36.5 Å². The summed E-state index contributed by atoms with van der Waals surface area (Å²) in [5.41, 5.74) is 6.04. The van der Waals surface area contributed by atoms with Gasteiger partial charge in [0, 0.05) is 22.9 Å². The number of hydrogen-bond acceptors (Lipinski definition) is 22. The highest BCUT2D eigenvalue weighted by atomic mass is 35.5. The summed E-state index contributed by atoms with van der Waals surface area (Å²) in [5.74, 6) is -12.1. The highest BCUT2D eigenvalue weighted by molar-refractivity contribution is 6.32. The van der Waals surface area contributed by atoms with E-state index in [1.165, 1.54) is 68.6 Å². The molecule has 32 heteroatoms. The Balaban J connectivity index is 0.995. The number of unbranched alkanes of at least 4 members (excludes halogenated alkanes) is 1. The summed E-state index contributed by atoms with van der Waals surface area (Å²) >= 11 is 7.20. The fraction of sp³-hybridized carbons (Fsp3) is 0.451. The molecule has 114 heavy (non-hydrogen) atoms. The molecule has 10 aliphatic rings. The van der Waals surface area contributed by atoms with E-state index in [0.717, 1.165) is 81.2 Å². The Kier molecular flexibility index (Phi) is 24.5. The predicted molar refractivity (Wildman–Crippen MR) is 410 cm³/mol. The third-order valence-corrected chi connectivity index (χ3v) is 23.0. The van der Waals surface area contributed by atoms with Crippen molar-refractivity contribution in [1.29, 1.82) is 0 Å². The van der Waals surface area contributed by atoms with Gasteiger partial charge in [-0.1, -0.05) is 75.2 Å². The minimum Gasteiger partial charge on any atom is -0.507 e. The van der Waals surface area contributed by atoms with Crippen LogP contribution in [-0.4, -0.2) is 169 Å². The van der Waals surface area contributed by atoms with Crippen molar-refractivity contribution in [2.45, 2.75) is 190 Å². The molecule has 5 fully saturated rings. The number of phenolic OH excluding ortho intramolecular Hbond substituents is 2. The van der Waals surface area contributed by atoms with Crippen LogP contribution in [-0.2, 0) is 60.7 Å². The molecule has 1 saturated heterocycles. The molecule has 15 bridgehead atoms. The van der Waals surface area contributed by atoms with E-state index in [1.54, 1.807) is 12.1 Å². The predicted octanol–water partition coefficient (Wildman–Crippen LogP) is 4.20. The van der Waals surface area contributed by atoms with Crippen molar-refractivity contribution in [2.75, 3.05) is 19.0 Å². The fourth-order valence-electron chi connectivity index (χ4n) is 17.0. The van der Waals surface area contributed by atoms with Crippen LogP contribution in [0.4, 0.5) is 5.69 Å². The van der Waals surface area contributed by atoms with Crippen LogP contribution in [0.2, 0.25) is 5.02 Å². The van der Waals surface area contributed by atoms with E-state index >= 15 is 24.0 Å². The molecule has 9 amide bonds. The van der Waals surface area contributed by atoms with E-state index in [0.29, 0.717) is 17.5 Å². The van der Waals surface area contributed by atoms with E-state index in [-0.39, 0.29) is 91.2 Å². The number of aliphatic hydroxyl groups excluding tert-OH is 6. The molecule has 16 rings (SSSR count). The largest absolute Gasteiger partial charge is 0.507 e. The van der Waals surface area contributed by atoms with E-state index < -0.39 is 192 Å². The number of carbonyl (C=O) groups is 9. The number of likely N-dealkylation sites (N-methyl/N-ethyl adjacent to an activating group) is 1. The smallest absolute Gasteiger partial charge is 0.248 e. The first-order valence-electron chi connectivity index (χ1n) is 38.4. The van der Waals surface area contributed by atoms with Crippen molar-refractivity contribution in [2.24, 2.45) is 35.3 Å². The Labute approximate surface area is 660 Å². The normalized spacial score (nSPS) is 28.1. The maximum absolute atomic E-state index is 16.3. The van der Waals surface area contributed by atoms with Crippen molar-refractivity contribution in [3.05, 3.63) is 153 Å². The van der Waals surface area contributed by atoms with Gasteiger partial charge in [0.25, 0.3) is 0 Å². The molecule has 6 heterocycles. The molecular formula is C82H95ClN10O21. The Morgan fingerprint density at radius 2 is 1.29 bits per heavy atom. The van der Waals surface area contributed by atoms with Gasteiger partial charge in [0.1, 0.15) is 95.9 Å². The molecule has 4 aliphatic carbocycles. The van der Waals surface area contributed by atoms with Crippen molar-refractivity contribution in [1.82, 2.24) is 42.5 Å². The molecule has 6 aliphatic heterocycles. The van der Waals surface area contributed by atoms with Crippen molar-refractivity contribution >= 4 is 70.5 Å². The summed E-state index contributed by atoms with van der Waals surface area (Å²) in [7, 11) is 1.51. The van der Waals surface area contributed by atoms with Crippen LogP contribution in [0.3, 0.4) is 0 Å². The average Bonchev–Trinajstić information content (AvgIpc) is 0.760. The van der Waals surface area contributed by atoms with Gasteiger partial charge in [-0.2, -0.15) is 0 Å². The zero-order chi connectivity index (χ0) is 81.4. The van der Waals surface area contributed by atoms with Gasteiger partial charge >= 0.3 is 0 Å². The quantitative estimate of drug-likeness (QED) is 0.0573. The van der Waals surface area contributed by atoms with Gasteiger partial charge in [-0.05, 0) is 206 Å². The number of aliphatic hydroxyl groups is 6. The topological polar surface area (TPSA) is 487 Å². The molecule has 19 N–H and O–H groups in total. The van der Waals surface area contributed by atoms with Crippen molar-refractivity contribution < 1.29 is 103 Å². The molecule has 606 valence electrons. The number of hydrogen-bond donors (Lipinski definition) is 18. The van der Waals surface area contributed by atoms with Crippen LogP contribution in [0.15, 0.2) is 103 Å².